The van der Waals surface area contributed by atoms with Gasteiger partial charge in [-0.15, -0.1) is 0 Å². The molecule has 2 aromatic rings. The van der Waals surface area contributed by atoms with Gasteiger partial charge in [-0.25, -0.2) is 4.79 Å². The highest BCUT2D eigenvalue weighted by Crippen LogP contribution is 2.18. The van der Waals surface area contributed by atoms with Gasteiger partial charge in [-0.05, 0) is 42.5 Å². The van der Waals surface area contributed by atoms with Gasteiger partial charge in [0.05, 0.1) is 12.0 Å². The molecule has 1 atom stereocenters. The molecule has 0 aliphatic carbocycles. The number of carbonyl (C=O) groups excluding carboxylic acids is 1. The number of benzene rings is 2. The van der Waals surface area contributed by atoms with Crippen LogP contribution in [-0.4, -0.2) is 34.1 Å². The minimum Gasteiger partial charge on any atom is -0.481 e. The molecule has 0 bridgehead atoms. The van der Waals surface area contributed by atoms with E-state index in [0.717, 1.165) is 5.56 Å². The number of nitrogens with one attached hydrogen (secondary N) is 1. The SMILES string of the molecule is O=C(O)C[C@@H](Cc1ccccc1Cl)NC(=O)CCCc1ccccc1C(=O)O. The largest absolute Gasteiger partial charge is 0.481 e. The Kier molecular flexibility index (Phi) is 8.02. The zero-order chi connectivity index (χ0) is 20.5. The van der Waals surface area contributed by atoms with Crippen LogP contribution in [0.2, 0.25) is 5.02 Å². The Bertz CT molecular complexity index is 852. The van der Waals surface area contributed by atoms with E-state index in [1.54, 1.807) is 42.5 Å². The molecule has 148 valence electrons. The molecule has 0 saturated heterocycles. The zero-order valence-corrected chi connectivity index (χ0v) is 16.0. The maximum Gasteiger partial charge on any atom is 0.335 e. The molecule has 0 spiro atoms. The van der Waals surface area contributed by atoms with Gasteiger partial charge in [0.15, 0.2) is 0 Å². The molecule has 0 saturated carbocycles. The number of carbonyl (C=O) groups is 3. The van der Waals surface area contributed by atoms with Gasteiger partial charge in [0.25, 0.3) is 0 Å². The van der Waals surface area contributed by atoms with Crippen LogP contribution < -0.4 is 5.32 Å². The van der Waals surface area contributed by atoms with Crippen LogP contribution in [0.4, 0.5) is 0 Å². The fraction of sp³-hybridized carbons (Fsp3) is 0.286. The number of amides is 1. The highest BCUT2D eigenvalue weighted by molar-refractivity contribution is 6.31. The van der Waals surface area contributed by atoms with Crippen LogP contribution in [0, 0.1) is 0 Å². The molecule has 0 heterocycles. The predicted molar refractivity (Wildman–Crippen MR) is 106 cm³/mol. The second-order valence-electron chi connectivity index (χ2n) is 6.47. The Morgan fingerprint density at radius 3 is 2.25 bits per heavy atom. The third-order valence-corrected chi connectivity index (χ3v) is 4.68. The van der Waals surface area contributed by atoms with Crippen LogP contribution in [0.15, 0.2) is 48.5 Å². The van der Waals surface area contributed by atoms with Crippen LogP contribution in [0.3, 0.4) is 0 Å². The van der Waals surface area contributed by atoms with Gasteiger partial charge in [0, 0.05) is 17.5 Å². The second kappa shape index (κ2) is 10.5. The van der Waals surface area contributed by atoms with Crippen molar-refractivity contribution in [3.05, 3.63) is 70.2 Å². The van der Waals surface area contributed by atoms with Crippen molar-refractivity contribution in [1.82, 2.24) is 5.32 Å². The fourth-order valence-electron chi connectivity index (χ4n) is 3.00. The minimum atomic E-state index is -1.01. The van der Waals surface area contributed by atoms with E-state index in [0.29, 0.717) is 29.8 Å². The number of hydrogen-bond acceptors (Lipinski definition) is 3. The monoisotopic (exact) mass is 403 g/mol. The lowest BCUT2D eigenvalue weighted by molar-refractivity contribution is -0.137. The Labute approximate surface area is 168 Å². The van der Waals surface area contributed by atoms with E-state index >= 15 is 0 Å². The van der Waals surface area contributed by atoms with Crippen molar-refractivity contribution in [1.29, 1.82) is 0 Å². The highest BCUT2D eigenvalue weighted by atomic mass is 35.5. The molecule has 7 heteroatoms. The third-order valence-electron chi connectivity index (χ3n) is 4.31. The number of aryl methyl sites for hydroxylation is 1. The maximum absolute atomic E-state index is 12.3. The molecule has 6 nitrogen and oxygen atoms in total. The molecular formula is C21H22ClNO5. The van der Waals surface area contributed by atoms with Crippen LogP contribution in [0.25, 0.3) is 0 Å². The summed E-state index contributed by atoms with van der Waals surface area (Å²) < 4.78 is 0. The lowest BCUT2D eigenvalue weighted by atomic mass is 10.0. The number of carboxylic acids is 2. The smallest absolute Gasteiger partial charge is 0.335 e. The number of aliphatic carboxylic acids is 1. The van der Waals surface area contributed by atoms with Crippen molar-refractivity contribution in [2.24, 2.45) is 0 Å². The standard InChI is InChI=1S/C21H22ClNO5/c22-18-10-4-2-7-15(18)12-16(13-20(25)26)23-19(24)11-5-8-14-6-1-3-9-17(14)21(27)28/h1-4,6-7,9-10,16H,5,8,11-13H2,(H,23,24)(H,25,26)(H,27,28)/t16-/m1/s1. The lowest BCUT2D eigenvalue weighted by Gasteiger charge is -2.18. The van der Waals surface area contributed by atoms with Gasteiger partial charge in [0.2, 0.25) is 5.91 Å². The average molecular weight is 404 g/mol. The summed E-state index contributed by atoms with van der Waals surface area (Å²) >= 11 is 6.13. The number of carboxylic acid groups (broad SMARTS) is 2. The average Bonchev–Trinajstić information content (AvgIpc) is 2.63. The van der Waals surface area contributed by atoms with E-state index in [4.69, 9.17) is 16.7 Å². The molecule has 1 amide bonds. The number of halogens is 1. The van der Waals surface area contributed by atoms with Crippen molar-refractivity contribution in [3.63, 3.8) is 0 Å². The molecule has 0 unspecified atom stereocenters. The molecule has 0 radical (unpaired) electrons. The van der Waals surface area contributed by atoms with E-state index in [1.165, 1.54) is 6.07 Å². The van der Waals surface area contributed by atoms with E-state index in [-0.39, 0.29) is 24.3 Å². The Morgan fingerprint density at radius 1 is 0.964 bits per heavy atom. The molecule has 0 aliphatic rings. The third kappa shape index (κ3) is 6.70. The van der Waals surface area contributed by atoms with Gasteiger partial charge in [0.1, 0.15) is 0 Å². The molecule has 2 rings (SSSR count). The Balaban J connectivity index is 1.92. The summed E-state index contributed by atoms with van der Waals surface area (Å²) in [7, 11) is 0. The van der Waals surface area contributed by atoms with Gasteiger partial charge in [-0.3, -0.25) is 9.59 Å². The van der Waals surface area contributed by atoms with Crippen molar-refractivity contribution >= 4 is 29.4 Å². The van der Waals surface area contributed by atoms with Gasteiger partial charge < -0.3 is 15.5 Å². The summed E-state index contributed by atoms with van der Waals surface area (Å²) in [5.74, 6) is -2.28. The van der Waals surface area contributed by atoms with E-state index < -0.39 is 18.0 Å². The summed E-state index contributed by atoms with van der Waals surface area (Å²) in [4.78, 5) is 34.6. The van der Waals surface area contributed by atoms with E-state index in [9.17, 15) is 19.5 Å². The maximum atomic E-state index is 12.3. The summed E-state index contributed by atoms with van der Waals surface area (Å²) in [6.45, 7) is 0. The quantitative estimate of drug-likeness (QED) is 0.562. The normalized spacial score (nSPS) is 11.6. The van der Waals surface area contributed by atoms with Crippen molar-refractivity contribution in [3.8, 4) is 0 Å². The van der Waals surface area contributed by atoms with Crippen molar-refractivity contribution < 1.29 is 24.6 Å². The molecule has 0 aliphatic heterocycles. The van der Waals surface area contributed by atoms with Gasteiger partial charge in [-0.1, -0.05) is 48.0 Å². The zero-order valence-electron chi connectivity index (χ0n) is 15.2. The van der Waals surface area contributed by atoms with Crippen LogP contribution in [-0.2, 0) is 22.4 Å². The van der Waals surface area contributed by atoms with Crippen LogP contribution >= 0.6 is 11.6 Å². The second-order valence-corrected chi connectivity index (χ2v) is 6.88. The Morgan fingerprint density at radius 2 is 1.61 bits per heavy atom. The number of rotatable bonds is 10. The molecule has 28 heavy (non-hydrogen) atoms. The first kappa shape index (κ1) is 21.4. The van der Waals surface area contributed by atoms with E-state index in [1.807, 2.05) is 0 Å². The van der Waals surface area contributed by atoms with Gasteiger partial charge >= 0.3 is 11.9 Å². The van der Waals surface area contributed by atoms with Crippen LogP contribution in [0.1, 0.15) is 40.7 Å². The molecule has 0 fully saturated rings. The molecular weight excluding hydrogens is 382 g/mol. The van der Waals surface area contributed by atoms with E-state index in [2.05, 4.69) is 5.32 Å². The number of hydrogen-bond donors (Lipinski definition) is 3. The Hall–Kier alpha value is -2.86. The fourth-order valence-corrected chi connectivity index (χ4v) is 3.21. The van der Waals surface area contributed by atoms with Gasteiger partial charge in [-0.2, -0.15) is 0 Å². The van der Waals surface area contributed by atoms with Crippen LogP contribution in [0.5, 0.6) is 0 Å². The lowest BCUT2D eigenvalue weighted by Crippen LogP contribution is -2.38. The topological polar surface area (TPSA) is 104 Å². The first-order valence-corrected chi connectivity index (χ1v) is 9.30. The first-order valence-electron chi connectivity index (χ1n) is 8.92. The summed E-state index contributed by atoms with van der Waals surface area (Å²) in [5.41, 5.74) is 1.66. The highest BCUT2D eigenvalue weighted by Gasteiger charge is 2.18. The minimum absolute atomic E-state index is 0.173. The summed E-state index contributed by atoms with van der Waals surface area (Å²) in [6, 6.07) is 13.2. The molecule has 0 aromatic heterocycles. The molecule has 2 aromatic carbocycles. The summed E-state index contributed by atoms with van der Waals surface area (Å²) in [6.07, 6.45) is 1.19. The number of aromatic carboxylic acids is 1. The molecule has 3 N–H and O–H groups in total. The van der Waals surface area contributed by atoms with Crippen molar-refractivity contribution in [2.75, 3.05) is 0 Å². The predicted octanol–water partition coefficient (Wildman–Crippen LogP) is 3.56. The van der Waals surface area contributed by atoms with Crippen molar-refractivity contribution in [2.45, 2.75) is 38.1 Å². The summed E-state index contributed by atoms with van der Waals surface area (Å²) in [5, 5.41) is 21.6. The first-order chi connectivity index (χ1) is 13.4.